The van der Waals surface area contributed by atoms with Crippen molar-refractivity contribution in [3.63, 3.8) is 0 Å². The zero-order valence-corrected chi connectivity index (χ0v) is 21.5. The molecular weight excluding hydrogens is 498 g/mol. The lowest BCUT2D eigenvalue weighted by Gasteiger charge is -2.19. The Bertz CT molecular complexity index is 1220. The third kappa shape index (κ3) is 8.67. The van der Waals surface area contributed by atoms with Crippen molar-refractivity contribution in [3.8, 4) is 5.75 Å². The van der Waals surface area contributed by atoms with Crippen molar-refractivity contribution >= 4 is 23.1 Å². The zero-order chi connectivity index (χ0) is 26.6. The van der Waals surface area contributed by atoms with Crippen molar-refractivity contribution in [2.24, 2.45) is 0 Å². The summed E-state index contributed by atoms with van der Waals surface area (Å²) in [5, 5.41) is 16.3. The van der Waals surface area contributed by atoms with E-state index in [2.05, 4.69) is 10.6 Å². The molecule has 8 heteroatoms. The van der Waals surface area contributed by atoms with E-state index in [-0.39, 0.29) is 12.4 Å². The third-order valence-corrected chi connectivity index (χ3v) is 6.23. The number of carbonyl (C=O) groups is 1. The van der Waals surface area contributed by atoms with Gasteiger partial charge in [-0.15, -0.1) is 0 Å². The molecule has 0 fully saturated rings. The summed E-state index contributed by atoms with van der Waals surface area (Å²) in [4.78, 5) is 11.4. The van der Waals surface area contributed by atoms with Gasteiger partial charge in [0.15, 0.2) is 11.6 Å². The number of rotatable bonds is 9. The van der Waals surface area contributed by atoms with Crippen molar-refractivity contribution in [2.45, 2.75) is 25.8 Å². The molecule has 1 heterocycles. The van der Waals surface area contributed by atoms with Crippen LogP contribution in [0, 0.1) is 11.6 Å². The molecule has 37 heavy (non-hydrogen) atoms. The fourth-order valence-corrected chi connectivity index (χ4v) is 4.16. The van der Waals surface area contributed by atoms with Crippen LogP contribution < -0.4 is 15.4 Å². The number of carboxylic acids is 1. The topological polar surface area (TPSA) is 70.6 Å². The summed E-state index contributed by atoms with van der Waals surface area (Å²) in [7, 11) is 1.91. The van der Waals surface area contributed by atoms with E-state index in [0.29, 0.717) is 25.0 Å². The molecule has 0 aromatic heterocycles. The second kappa shape index (κ2) is 14.5. The lowest BCUT2D eigenvalue weighted by molar-refractivity contribution is -0.132. The second-order valence-corrected chi connectivity index (χ2v) is 8.94. The molecule has 1 aliphatic rings. The fraction of sp³-hybridized carbons (Fsp3) is 0.276. The fourth-order valence-electron chi connectivity index (χ4n) is 3.96. The molecule has 3 aromatic rings. The van der Waals surface area contributed by atoms with E-state index in [9.17, 15) is 18.7 Å². The first-order valence-corrected chi connectivity index (χ1v) is 12.5. The summed E-state index contributed by atoms with van der Waals surface area (Å²) in [6.45, 7) is 2.25. The highest BCUT2D eigenvalue weighted by Gasteiger charge is 2.19. The van der Waals surface area contributed by atoms with Crippen molar-refractivity contribution in [2.75, 3.05) is 26.7 Å². The number of halogens is 3. The van der Waals surface area contributed by atoms with Gasteiger partial charge in [0.2, 0.25) is 0 Å². The van der Waals surface area contributed by atoms with Crippen LogP contribution in [0.15, 0.2) is 72.3 Å². The lowest BCUT2D eigenvalue weighted by Crippen LogP contribution is -2.28. The molecule has 0 bridgehead atoms. The van der Waals surface area contributed by atoms with Gasteiger partial charge in [-0.3, -0.25) is 0 Å². The monoisotopic (exact) mass is 528 g/mol. The van der Waals surface area contributed by atoms with E-state index < -0.39 is 17.6 Å². The average molecular weight is 529 g/mol. The molecule has 1 aliphatic heterocycles. The number of carboxylic acid groups (broad SMARTS) is 1. The highest BCUT2D eigenvalue weighted by Crippen LogP contribution is 2.25. The standard InChI is InChI=1S/C21H21F2NO3.C8H10ClN/c22-16-7-8-19(23)20(12-16)27-11-1-2-14-3-5-15(6-4-14)17-9-10-24-13-18(17)21(25)26;1-10-6-7-4-2-3-5-8(7)9/h3-8,12,24H,1-2,9-11,13H2,(H,25,26);2-5,10H,6H2,1H3. The number of ether oxygens (including phenoxy) is 1. The zero-order valence-electron chi connectivity index (χ0n) is 20.7. The third-order valence-electron chi connectivity index (χ3n) is 5.86. The number of hydrogen-bond acceptors (Lipinski definition) is 4. The molecule has 0 amide bonds. The number of benzene rings is 3. The molecule has 3 N–H and O–H groups in total. The van der Waals surface area contributed by atoms with Gasteiger partial charge in [-0.05, 0) is 73.3 Å². The Morgan fingerprint density at radius 3 is 2.57 bits per heavy atom. The highest BCUT2D eigenvalue weighted by atomic mass is 35.5. The Labute approximate surface area is 221 Å². The van der Waals surface area contributed by atoms with E-state index in [1.54, 1.807) is 0 Å². The summed E-state index contributed by atoms with van der Waals surface area (Å²) >= 11 is 5.86. The SMILES string of the molecule is CNCc1ccccc1Cl.O=C(O)C1=C(c2ccc(CCCOc3cc(F)ccc3F)cc2)CCNC1. The van der Waals surface area contributed by atoms with Gasteiger partial charge >= 0.3 is 5.97 Å². The molecule has 0 saturated carbocycles. The molecule has 196 valence electrons. The molecule has 0 spiro atoms. The van der Waals surface area contributed by atoms with Gasteiger partial charge in [0.1, 0.15) is 5.82 Å². The smallest absolute Gasteiger partial charge is 0.333 e. The summed E-state index contributed by atoms with van der Waals surface area (Å²) < 4.78 is 31.9. The van der Waals surface area contributed by atoms with Crippen LogP contribution in [0.3, 0.4) is 0 Å². The molecule has 0 unspecified atom stereocenters. The first-order chi connectivity index (χ1) is 17.9. The van der Waals surface area contributed by atoms with E-state index in [4.69, 9.17) is 16.3 Å². The number of hydrogen-bond donors (Lipinski definition) is 3. The summed E-state index contributed by atoms with van der Waals surface area (Å²) in [5.41, 5.74) is 4.44. The molecule has 0 radical (unpaired) electrons. The Kier molecular flexibility index (Phi) is 11.1. The largest absolute Gasteiger partial charge is 0.490 e. The molecule has 5 nitrogen and oxygen atoms in total. The van der Waals surface area contributed by atoms with Crippen molar-refractivity contribution in [1.29, 1.82) is 0 Å². The van der Waals surface area contributed by atoms with E-state index in [0.717, 1.165) is 65.0 Å². The normalized spacial score (nSPS) is 13.1. The minimum absolute atomic E-state index is 0.0793. The van der Waals surface area contributed by atoms with Crippen LogP contribution in [-0.4, -0.2) is 37.8 Å². The maximum absolute atomic E-state index is 13.5. The number of nitrogens with one attached hydrogen (secondary N) is 2. The van der Waals surface area contributed by atoms with Crippen molar-refractivity contribution in [1.82, 2.24) is 10.6 Å². The minimum Gasteiger partial charge on any atom is -0.490 e. The van der Waals surface area contributed by atoms with Gasteiger partial charge in [0, 0.05) is 24.2 Å². The van der Waals surface area contributed by atoms with Gasteiger partial charge in [-0.1, -0.05) is 54.1 Å². The van der Waals surface area contributed by atoms with Gasteiger partial charge in [-0.25, -0.2) is 13.6 Å². The summed E-state index contributed by atoms with van der Waals surface area (Å²) in [5.74, 6) is -2.08. The second-order valence-electron chi connectivity index (χ2n) is 8.53. The van der Waals surface area contributed by atoms with Crippen LogP contribution in [0.25, 0.3) is 5.57 Å². The molecule has 4 rings (SSSR count). The van der Waals surface area contributed by atoms with Gasteiger partial charge in [0.25, 0.3) is 0 Å². The lowest BCUT2D eigenvalue weighted by atomic mass is 9.93. The van der Waals surface area contributed by atoms with Gasteiger partial charge < -0.3 is 20.5 Å². The quantitative estimate of drug-likeness (QED) is 0.303. The summed E-state index contributed by atoms with van der Waals surface area (Å²) in [6.07, 6.45) is 2.07. The predicted molar refractivity (Wildman–Crippen MR) is 143 cm³/mol. The van der Waals surface area contributed by atoms with Crippen molar-refractivity contribution < 1.29 is 23.4 Å². The minimum atomic E-state index is -0.886. The number of aliphatic carboxylic acids is 1. The molecule has 3 aromatic carbocycles. The van der Waals surface area contributed by atoms with E-state index in [1.165, 1.54) is 0 Å². The Balaban J connectivity index is 0.000000319. The van der Waals surface area contributed by atoms with Crippen LogP contribution in [0.4, 0.5) is 8.78 Å². The molecular formula is C29H31ClF2N2O3. The highest BCUT2D eigenvalue weighted by molar-refractivity contribution is 6.31. The molecule has 0 aliphatic carbocycles. The Morgan fingerprint density at radius 2 is 1.86 bits per heavy atom. The predicted octanol–water partition coefficient (Wildman–Crippen LogP) is 5.87. The average Bonchev–Trinajstić information content (AvgIpc) is 2.91. The van der Waals surface area contributed by atoms with Crippen molar-refractivity contribution in [3.05, 3.63) is 106 Å². The first-order valence-electron chi connectivity index (χ1n) is 12.1. The molecule has 0 atom stereocenters. The first kappa shape index (κ1) is 28.3. The molecule has 0 saturated heterocycles. The Hall–Kier alpha value is -3.26. The van der Waals surface area contributed by atoms with Crippen LogP contribution in [-0.2, 0) is 17.8 Å². The maximum atomic E-state index is 13.5. The van der Waals surface area contributed by atoms with Crippen LogP contribution in [0.5, 0.6) is 5.75 Å². The maximum Gasteiger partial charge on any atom is 0.333 e. The number of aryl methyl sites for hydroxylation is 1. The Morgan fingerprint density at radius 1 is 1.11 bits per heavy atom. The van der Waals surface area contributed by atoms with E-state index >= 15 is 0 Å². The summed E-state index contributed by atoms with van der Waals surface area (Å²) in [6, 6.07) is 18.8. The van der Waals surface area contributed by atoms with E-state index in [1.807, 2.05) is 55.6 Å². The van der Waals surface area contributed by atoms with Crippen LogP contribution in [0.1, 0.15) is 29.5 Å². The van der Waals surface area contributed by atoms with Gasteiger partial charge in [0.05, 0.1) is 12.2 Å². The van der Waals surface area contributed by atoms with Crippen LogP contribution >= 0.6 is 11.6 Å². The van der Waals surface area contributed by atoms with Crippen LogP contribution in [0.2, 0.25) is 5.02 Å². The van der Waals surface area contributed by atoms with Gasteiger partial charge in [-0.2, -0.15) is 0 Å².